The van der Waals surface area contributed by atoms with E-state index in [0.29, 0.717) is 19.5 Å². The molecule has 2 rings (SSSR count). The first-order chi connectivity index (χ1) is 9.67. The average Bonchev–Trinajstić information content (AvgIpc) is 2.92. The molecule has 0 aliphatic heterocycles. The molecule has 5 heteroatoms. The van der Waals surface area contributed by atoms with Crippen LogP contribution in [0.5, 0.6) is 0 Å². The van der Waals surface area contributed by atoms with Gasteiger partial charge in [0.15, 0.2) is 0 Å². The molecule has 5 nitrogen and oxygen atoms in total. The standard InChI is InChI=1S/C15H20N4O/c1-12(11-19-8-2-7-17-19)18-15(20)9-13-3-5-14(10-16)6-4-13/h2-8,12H,9-11,16H2,1H3,(H,18,20). The zero-order valence-electron chi connectivity index (χ0n) is 11.6. The number of aromatic nitrogens is 2. The number of carbonyl (C=O) groups is 1. The van der Waals surface area contributed by atoms with Crippen LogP contribution < -0.4 is 11.1 Å². The van der Waals surface area contributed by atoms with Gasteiger partial charge in [0, 0.05) is 25.0 Å². The Kier molecular flexibility index (Phi) is 4.90. The fraction of sp³-hybridized carbons (Fsp3) is 0.333. The van der Waals surface area contributed by atoms with E-state index >= 15 is 0 Å². The Morgan fingerprint density at radius 3 is 2.65 bits per heavy atom. The lowest BCUT2D eigenvalue weighted by atomic mass is 10.1. The minimum absolute atomic E-state index is 0.0187. The molecular formula is C15H20N4O. The van der Waals surface area contributed by atoms with Crippen LogP contribution >= 0.6 is 0 Å². The molecule has 0 aliphatic rings. The molecule has 1 heterocycles. The van der Waals surface area contributed by atoms with Crippen molar-refractivity contribution in [1.29, 1.82) is 0 Å². The lowest BCUT2D eigenvalue weighted by Gasteiger charge is -2.14. The Hall–Kier alpha value is -2.14. The van der Waals surface area contributed by atoms with Gasteiger partial charge in [-0.15, -0.1) is 0 Å². The third-order valence-corrected chi connectivity index (χ3v) is 3.05. The van der Waals surface area contributed by atoms with E-state index < -0.39 is 0 Å². The molecule has 3 N–H and O–H groups in total. The van der Waals surface area contributed by atoms with Crippen molar-refractivity contribution >= 4 is 5.91 Å². The molecule has 1 aromatic carbocycles. The molecule has 2 aromatic rings. The van der Waals surface area contributed by atoms with Crippen LogP contribution in [0.15, 0.2) is 42.7 Å². The first-order valence-corrected chi connectivity index (χ1v) is 6.72. The zero-order chi connectivity index (χ0) is 14.4. The maximum Gasteiger partial charge on any atom is 0.224 e. The number of nitrogens with one attached hydrogen (secondary N) is 1. The molecule has 0 spiro atoms. The molecule has 0 fully saturated rings. The number of nitrogens with zero attached hydrogens (tertiary/aromatic N) is 2. The Labute approximate surface area is 118 Å². The maximum absolute atomic E-state index is 11.9. The van der Waals surface area contributed by atoms with Gasteiger partial charge in [0.25, 0.3) is 0 Å². The highest BCUT2D eigenvalue weighted by atomic mass is 16.1. The summed E-state index contributed by atoms with van der Waals surface area (Å²) in [7, 11) is 0. The summed E-state index contributed by atoms with van der Waals surface area (Å²) in [6, 6.07) is 9.71. The number of benzene rings is 1. The smallest absolute Gasteiger partial charge is 0.224 e. The summed E-state index contributed by atoms with van der Waals surface area (Å²) in [6.45, 7) is 3.16. The molecule has 0 bridgehead atoms. The Balaban J connectivity index is 1.82. The predicted molar refractivity (Wildman–Crippen MR) is 77.9 cm³/mol. The molecule has 1 atom stereocenters. The van der Waals surface area contributed by atoms with Gasteiger partial charge >= 0.3 is 0 Å². The largest absolute Gasteiger partial charge is 0.351 e. The summed E-state index contributed by atoms with van der Waals surface area (Å²) in [5.74, 6) is 0.0187. The number of rotatable bonds is 6. The number of amides is 1. The van der Waals surface area contributed by atoms with Gasteiger partial charge < -0.3 is 11.1 Å². The lowest BCUT2D eigenvalue weighted by Crippen LogP contribution is -2.36. The molecule has 1 amide bonds. The normalized spacial score (nSPS) is 12.1. The Morgan fingerprint density at radius 1 is 1.35 bits per heavy atom. The van der Waals surface area contributed by atoms with Crippen molar-refractivity contribution in [1.82, 2.24) is 15.1 Å². The van der Waals surface area contributed by atoms with Crippen LogP contribution in [-0.2, 0) is 24.3 Å². The molecule has 0 saturated carbocycles. The first-order valence-electron chi connectivity index (χ1n) is 6.72. The molecule has 106 valence electrons. The molecule has 0 radical (unpaired) electrons. The summed E-state index contributed by atoms with van der Waals surface area (Å²) in [5.41, 5.74) is 7.61. The van der Waals surface area contributed by atoms with Crippen LogP contribution in [0.2, 0.25) is 0 Å². The highest BCUT2D eigenvalue weighted by molar-refractivity contribution is 5.78. The molecule has 0 saturated heterocycles. The van der Waals surface area contributed by atoms with Crippen molar-refractivity contribution in [2.75, 3.05) is 0 Å². The second kappa shape index (κ2) is 6.86. The van der Waals surface area contributed by atoms with Crippen molar-refractivity contribution in [3.05, 3.63) is 53.9 Å². The second-order valence-electron chi connectivity index (χ2n) is 4.89. The number of hydrogen-bond acceptors (Lipinski definition) is 3. The fourth-order valence-electron chi connectivity index (χ4n) is 2.04. The van der Waals surface area contributed by atoms with E-state index in [1.807, 2.05) is 43.5 Å². The highest BCUT2D eigenvalue weighted by Gasteiger charge is 2.09. The summed E-state index contributed by atoms with van der Waals surface area (Å²) in [4.78, 5) is 11.9. The third-order valence-electron chi connectivity index (χ3n) is 3.05. The van der Waals surface area contributed by atoms with Gasteiger partial charge in [0.05, 0.1) is 13.0 Å². The van der Waals surface area contributed by atoms with Gasteiger partial charge in [0.1, 0.15) is 0 Å². The van der Waals surface area contributed by atoms with E-state index in [4.69, 9.17) is 5.73 Å². The summed E-state index contributed by atoms with van der Waals surface area (Å²) < 4.78 is 1.81. The lowest BCUT2D eigenvalue weighted by molar-refractivity contribution is -0.121. The molecule has 1 aromatic heterocycles. The van der Waals surface area contributed by atoms with E-state index in [1.54, 1.807) is 10.9 Å². The van der Waals surface area contributed by atoms with Crippen LogP contribution in [0.25, 0.3) is 0 Å². The Morgan fingerprint density at radius 2 is 2.05 bits per heavy atom. The summed E-state index contributed by atoms with van der Waals surface area (Å²) in [5, 5.41) is 7.09. The number of carbonyl (C=O) groups excluding carboxylic acids is 1. The third kappa shape index (κ3) is 4.20. The summed E-state index contributed by atoms with van der Waals surface area (Å²) in [6.07, 6.45) is 4.00. The first kappa shape index (κ1) is 14.3. The van der Waals surface area contributed by atoms with Crippen molar-refractivity contribution in [3.8, 4) is 0 Å². The van der Waals surface area contributed by atoms with Crippen LogP contribution in [0.3, 0.4) is 0 Å². The van der Waals surface area contributed by atoms with Crippen LogP contribution in [-0.4, -0.2) is 21.7 Å². The van der Waals surface area contributed by atoms with Gasteiger partial charge in [-0.3, -0.25) is 9.48 Å². The van der Waals surface area contributed by atoms with Crippen LogP contribution in [0.1, 0.15) is 18.1 Å². The van der Waals surface area contributed by atoms with E-state index in [9.17, 15) is 4.79 Å². The maximum atomic E-state index is 11.9. The minimum Gasteiger partial charge on any atom is -0.351 e. The Bertz CT molecular complexity index is 534. The van der Waals surface area contributed by atoms with Crippen LogP contribution in [0, 0.1) is 0 Å². The van der Waals surface area contributed by atoms with Crippen molar-refractivity contribution in [3.63, 3.8) is 0 Å². The zero-order valence-corrected chi connectivity index (χ0v) is 11.6. The average molecular weight is 272 g/mol. The van der Waals surface area contributed by atoms with Crippen LogP contribution in [0.4, 0.5) is 0 Å². The number of nitrogens with two attached hydrogens (primary N) is 1. The quantitative estimate of drug-likeness (QED) is 0.826. The highest BCUT2D eigenvalue weighted by Crippen LogP contribution is 2.04. The van der Waals surface area contributed by atoms with E-state index in [1.165, 1.54) is 0 Å². The monoisotopic (exact) mass is 272 g/mol. The fourth-order valence-corrected chi connectivity index (χ4v) is 2.04. The van der Waals surface area contributed by atoms with Crippen molar-refractivity contribution in [2.24, 2.45) is 5.73 Å². The van der Waals surface area contributed by atoms with Gasteiger partial charge in [0.2, 0.25) is 5.91 Å². The topological polar surface area (TPSA) is 72.9 Å². The summed E-state index contributed by atoms with van der Waals surface area (Å²) >= 11 is 0. The van der Waals surface area contributed by atoms with E-state index in [-0.39, 0.29) is 11.9 Å². The molecule has 20 heavy (non-hydrogen) atoms. The van der Waals surface area contributed by atoms with Crippen molar-refractivity contribution in [2.45, 2.75) is 32.5 Å². The van der Waals surface area contributed by atoms with Crippen molar-refractivity contribution < 1.29 is 4.79 Å². The van der Waals surface area contributed by atoms with E-state index in [0.717, 1.165) is 11.1 Å². The van der Waals surface area contributed by atoms with E-state index in [2.05, 4.69) is 10.4 Å². The van der Waals surface area contributed by atoms with Gasteiger partial charge in [-0.2, -0.15) is 5.10 Å². The van der Waals surface area contributed by atoms with Gasteiger partial charge in [-0.05, 0) is 24.1 Å². The predicted octanol–water partition coefficient (Wildman–Crippen LogP) is 1.09. The molecule has 0 aliphatic carbocycles. The molecule has 1 unspecified atom stereocenters. The molecular weight excluding hydrogens is 252 g/mol. The van der Waals surface area contributed by atoms with Gasteiger partial charge in [-0.1, -0.05) is 24.3 Å². The number of hydrogen-bond donors (Lipinski definition) is 2. The van der Waals surface area contributed by atoms with Gasteiger partial charge in [-0.25, -0.2) is 0 Å². The second-order valence-corrected chi connectivity index (χ2v) is 4.89. The SMILES string of the molecule is CC(Cn1cccn1)NC(=O)Cc1ccc(CN)cc1. The minimum atomic E-state index is 0.0187.